The van der Waals surface area contributed by atoms with Crippen molar-refractivity contribution in [1.82, 2.24) is 0 Å². The van der Waals surface area contributed by atoms with Crippen molar-refractivity contribution in [2.75, 3.05) is 52.9 Å². The summed E-state index contributed by atoms with van der Waals surface area (Å²) in [6.45, 7) is 22.7. The second-order valence-electron chi connectivity index (χ2n) is 10.6. The summed E-state index contributed by atoms with van der Waals surface area (Å²) in [4.78, 5) is 0. The molecule has 0 aromatic heterocycles. The average Bonchev–Trinajstić information content (AvgIpc) is 2.98. The first-order valence-electron chi connectivity index (χ1n) is 17.6. The maximum atomic E-state index is 6.03. The van der Waals surface area contributed by atoms with Crippen LogP contribution in [0.15, 0.2) is 0 Å². The van der Waals surface area contributed by atoms with Crippen LogP contribution in [0.1, 0.15) is 158 Å². The van der Waals surface area contributed by atoms with Gasteiger partial charge in [0.25, 0.3) is 0 Å². The van der Waals surface area contributed by atoms with E-state index < -0.39 is 36.3 Å². The second kappa shape index (κ2) is 38.3. The van der Waals surface area contributed by atoms with E-state index in [-0.39, 0.29) is 21.7 Å². The van der Waals surface area contributed by atoms with E-state index in [1.165, 1.54) is 0 Å². The Balaban J connectivity index is -0.000000727. The molecule has 0 saturated carbocycles. The zero-order chi connectivity index (χ0) is 31.6. The minimum Gasteiger partial charge on any atom is 4.00 e. The van der Waals surface area contributed by atoms with E-state index in [4.69, 9.17) is 26.5 Å². The predicted octanol–water partition coefficient (Wildman–Crippen LogP) is 10.1. The van der Waals surface area contributed by atoms with Crippen LogP contribution < -0.4 is 0 Å². The van der Waals surface area contributed by atoms with Gasteiger partial charge in [-0.25, -0.2) is 0 Å². The Morgan fingerprint density at radius 2 is 0.372 bits per heavy atom. The number of unbranched alkanes of at least 4 members (excludes halogenated alkanes) is 8. The average molecular weight is 729 g/mol. The van der Waals surface area contributed by atoms with Gasteiger partial charge in [0.05, 0.1) is 0 Å². The van der Waals surface area contributed by atoms with Crippen molar-refractivity contribution in [2.24, 2.45) is 0 Å². The van der Waals surface area contributed by atoms with E-state index in [9.17, 15) is 0 Å². The molecule has 8 nitrogen and oxygen atoms in total. The summed E-state index contributed by atoms with van der Waals surface area (Å²) in [5.74, 6) is 0. The molecule has 0 bridgehead atoms. The summed E-state index contributed by atoms with van der Waals surface area (Å²) in [7, 11) is 0. The Kier molecular flexibility index (Phi) is 43.8. The molecule has 260 valence electrons. The molecule has 0 aromatic rings. The summed E-state index contributed by atoms with van der Waals surface area (Å²) in [5, 5.41) is 0. The maximum absolute atomic E-state index is 6.03. The van der Waals surface area contributed by atoms with Gasteiger partial charge in [-0.15, -0.1) is 0 Å². The van der Waals surface area contributed by atoms with Gasteiger partial charge in [-0.05, 0) is 0 Å². The Morgan fingerprint density at radius 3 is 0.465 bits per heavy atom. The molecule has 0 aliphatic rings. The molecular formula is C32H72O8Ti3. The van der Waals surface area contributed by atoms with E-state index in [1.54, 1.807) is 0 Å². The molecule has 0 N–H and O–H groups in total. The molecule has 0 rings (SSSR count). The van der Waals surface area contributed by atoms with Crippen molar-refractivity contribution in [1.29, 1.82) is 0 Å². The molecule has 11 heteroatoms. The summed E-state index contributed by atoms with van der Waals surface area (Å²) >= 11 is -7.04. The van der Waals surface area contributed by atoms with Gasteiger partial charge in [0.1, 0.15) is 0 Å². The Bertz CT molecular complexity index is 386. The number of rotatable bonds is 32. The molecule has 0 aromatic carbocycles. The van der Waals surface area contributed by atoms with Crippen molar-refractivity contribution in [2.45, 2.75) is 158 Å². The van der Waals surface area contributed by atoms with Gasteiger partial charge >= 0.3 is 296 Å². The number of hydrogen-bond acceptors (Lipinski definition) is 8. The smallest absolute Gasteiger partial charge is 4.00 e. The van der Waals surface area contributed by atoms with Crippen LogP contribution in [0.3, 0.4) is 0 Å². The van der Waals surface area contributed by atoms with E-state index in [0.29, 0.717) is 52.9 Å². The minimum absolute atomic E-state index is 0. The largest absolute Gasteiger partial charge is 4.00 e. The molecular weight excluding hydrogens is 656 g/mol. The third-order valence-electron chi connectivity index (χ3n) is 6.21. The Hall–Kier alpha value is 1.82. The molecule has 0 spiro atoms. The fraction of sp³-hybridized carbons (Fsp3) is 1.00. The molecule has 0 fully saturated rings. The first-order valence-corrected chi connectivity index (χ1v) is 22.7. The van der Waals surface area contributed by atoms with Crippen molar-refractivity contribution < 1.29 is 84.5 Å². The number of hydrogen-bond donors (Lipinski definition) is 0. The van der Waals surface area contributed by atoms with E-state index >= 15 is 0 Å². The summed E-state index contributed by atoms with van der Waals surface area (Å²) < 4.78 is 48.2. The zero-order valence-corrected chi connectivity index (χ0v) is 34.4. The molecule has 0 saturated heterocycles. The maximum Gasteiger partial charge on any atom is 4.00 e. The first-order chi connectivity index (χ1) is 20.5. The van der Waals surface area contributed by atoms with Crippen LogP contribution in [0.5, 0.6) is 0 Å². The van der Waals surface area contributed by atoms with Crippen LogP contribution in [0.25, 0.3) is 0 Å². The fourth-order valence-corrected chi connectivity index (χ4v) is 9.72. The standard InChI is InChI=1S/8C4H9O.3Ti/c8*1-2-3-4-5;;;/h8*2-4H2,1H3;;;/q8*-1;2*+2;+4. The zero-order valence-electron chi connectivity index (χ0n) is 29.7. The van der Waals surface area contributed by atoms with Crippen LogP contribution >= 0.6 is 0 Å². The Labute approximate surface area is 293 Å². The SMILES string of the molecule is CCCC[O][Ti-2]([O]CCCC)([O]CCCC)[O]CCCC.CCCC[O][Ti-2]([O]CCCC)([O]CCCC)[O]CCCC.[Ti+4]. The van der Waals surface area contributed by atoms with Crippen molar-refractivity contribution >= 4 is 0 Å². The third-order valence-corrected chi connectivity index (χ3v) is 13.2. The molecule has 0 unspecified atom stereocenters. The van der Waals surface area contributed by atoms with Gasteiger partial charge in [0.15, 0.2) is 0 Å². The van der Waals surface area contributed by atoms with Gasteiger partial charge in [-0.2, -0.15) is 0 Å². The minimum atomic E-state index is -3.52. The topological polar surface area (TPSA) is 73.8 Å². The molecule has 0 atom stereocenters. The second-order valence-corrected chi connectivity index (χ2v) is 17.3. The van der Waals surface area contributed by atoms with Crippen LogP contribution in [-0.4, -0.2) is 52.9 Å². The molecule has 0 amide bonds. The molecule has 0 aliphatic carbocycles. The van der Waals surface area contributed by atoms with E-state index in [0.717, 1.165) is 103 Å². The molecule has 0 heterocycles. The van der Waals surface area contributed by atoms with Gasteiger partial charge in [-0.3, -0.25) is 0 Å². The van der Waals surface area contributed by atoms with Crippen LogP contribution in [0.2, 0.25) is 0 Å². The van der Waals surface area contributed by atoms with Gasteiger partial charge in [0.2, 0.25) is 0 Å². The van der Waals surface area contributed by atoms with E-state index in [2.05, 4.69) is 55.4 Å². The van der Waals surface area contributed by atoms with Crippen LogP contribution in [0.4, 0.5) is 0 Å². The Morgan fingerprint density at radius 1 is 0.256 bits per heavy atom. The third kappa shape index (κ3) is 30.9. The first kappa shape index (κ1) is 49.2. The van der Waals surface area contributed by atoms with Crippen molar-refractivity contribution in [3.05, 3.63) is 0 Å². The van der Waals surface area contributed by atoms with Crippen LogP contribution in [0, 0.1) is 0 Å². The van der Waals surface area contributed by atoms with Crippen LogP contribution in [-0.2, 0) is 84.5 Å². The van der Waals surface area contributed by atoms with Crippen molar-refractivity contribution in [3.63, 3.8) is 0 Å². The van der Waals surface area contributed by atoms with Gasteiger partial charge in [0, 0.05) is 0 Å². The predicted molar refractivity (Wildman–Crippen MR) is 167 cm³/mol. The normalized spacial score (nSPS) is 12.5. The fourth-order valence-electron chi connectivity index (χ4n) is 3.23. The molecule has 0 aliphatic heterocycles. The molecule has 43 heavy (non-hydrogen) atoms. The van der Waals surface area contributed by atoms with Crippen molar-refractivity contribution in [3.8, 4) is 0 Å². The van der Waals surface area contributed by atoms with E-state index in [1.807, 2.05) is 0 Å². The summed E-state index contributed by atoms with van der Waals surface area (Å²) in [6.07, 6.45) is 17.1. The monoisotopic (exact) mass is 728 g/mol. The van der Waals surface area contributed by atoms with Gasteiger partial charge in [-0.1, -0.05) is 0 Å². The quantitative estimate of drug-likeness (QED) is 0.0501. The van der Waals surface area contributed by atoms with Gasteiger partial charge < -0.3 is 0 Å². The molecule has 0 radical (unpaired) electrons. The summed E-state index contributed by atoms with van der Waals surface area (Å²) in [5.41, 5.74) is 0. The summed E-state index contributed by atoms with van der Waals surface area (Å²) in [6, 6.07) is 0.